The smallest absolute Gasteiger partial charge is 0.257 e. The first-order valence-electron chi connectivity index (χ1n) is 10.6. The summed E-state index contributed by atoms with van der Waals surface area (Å²) in [5, 5.41) is 0. The molecule has 0 bridgehead atoms. The highest BCUT2D eigenvalue weighted by Gasteiger charge is 2.27. The lowest BCUT2D eigenvalue weighted by Gasteiger charge is -2.30. The van der Waals surface area contributed by atoms with Crippen molar-refractivity contribution in [3.05, 3.63) is 64.1 Å². The third-order valence-corrected chi connectivity index (χ3v) is 6.66. The van der Waals surface area contributed by atoms with Crippen LogP contribution < -0.4 is 15.0 Å². The zero-order chi connectivity index (χ0) is 22.4. The van der Waals surface area contributed by atoms with Crippen LogP contribution in [0.4, 0.5) is 0 Å². The minimum Gasteiger partial charge on any atom is -0.496 e. The summed E-state index contributed by atoms with van der Waals surface area (Å²) in [6.07, 6.45) is 6.83. The molecule has 1 atom stereocenters. The summed E-state index contributed by atoms with van der Waals surface area (Å²) >= 11 is 0. The molecular weight excluding hydrogens is 416 g/mol. The van der Waals surface area contributed by atoms with Crippen molar-refractivity contribution >= 4 is 10.0 Å². The largest absolute Gasteiger partial charge is 0.496 e. The second-order valence-corrected chi connectivity index (χ2v) is 10.1. The number of nitrogens with one attached hydrogen (secondary N) is 1. The van der Waals surface area contributed by atoms with Gasteiger partial charge in [-0.05, 0) is 43.2 Å². The van der Waals surface area contributed by atoms with Gasteiger partial charge in [-0.3, -0.25) is 4.79 Å². The second-order valence-electron chi connectivity index (χ2n) is 8.25. The van der Waals surface area contributed by atoms with E-state index in [1.165, 1.54) is 17.2 Å². The second kappa shape index (κ2) is 10.4. The van der Waals surface area contributed by atoms with Crippen molar-refractivity contribution in [1.29, 1.82) is 0 Å². The van der Waals surface area contributed by atoms with Crippen LogP contribution in [0.1, 0.15) is 48.6 Å². The molecule has 1 saturated carbocycles. The molecular formula is C23H32N2O5S. The van der Waals surface area contributed by atoms with Gasteiger partial charge in [0.15, 0.2) is 0 Å². The predicted octanol–water partition coefficient (Wildman–Crippen LogP) is 2.77. The summed E-state index contributed by atoms with van der Waals surface area (Å²) in [5.41, 5.74) is 1.59. The van der Waals surface area contributed by atoms with Crippen molar-refractivity contribution in [3.8, 4) is 5.75 Å². The minimum absolute atomic E-state index is 0.0772. The van der Waals surface area contributed by atoms with Crippen molar-refractivity contribution < 1.29 is 17.9 Å². The lowest BCUT2D eigenvalue weighted by molar-refractivity contribution is 0.0166. The van der Waals surface area contributed by atoms with Crippen LogP contribution in [0, 0.1) is 0 Å². The van der Waals surface area contributed by atoms with Gasteiger partial charge in [-0.15, -0.1) is 0 Å². The average Bonchev–Trinajstić information content (AvgIpc) is 2.76. The standard InChI is InChI=1S/C23H32N2O5S/c1-25-14-13-21(29-2)22(23(25)26)19(15-24-31(3,27)28)16-30-20-11-9-18(10-12-20)17-7-5-4-6-8-17/h4-8,13-14,18-20,24H,9-12,15-16H2,1-3H3. The molecule has 170 valence electrons. The van der Waals surface area contributed by atoms with Gasteiger partial charge in [0.2, 0.25) is 10.0 Å². The number of aryl methyl sites for hydroxylation is 1. The first-order valence-corrected chi connectivity index (χ1v) is 12.5. The first kappa shape index (κ1) is 23.5. The zero-order valence-corrected chi connectivity index (χ0v) is 19.2. The Morgan fingerprint density at radius 3 is 2.42 bits per heavy atom. The van der Waals surface area contributed by atoms with E-state index in [2.05, 4.69) is 29.0 Å². The molecule has 0 spiro atoms. The van der Waals surface area contributed by atoms with Gasteiger partial charge in [0.25, 0.3) is 5.56 Å². The number of ether oxygens (including phenoxy) is 2. The van der Waals surface area contributed by atoms with Gasteiger partial charge in [-0.2, -0.15) is 0 Å². The molecule has 3 rings (SSSR count). The number of methoxy groups -OCH3 is 1. The Balaban J connectivity index is 1.69. The Bertz CT molecular complexity index is 1010. The fourth-order valence-corrected chi connectivity index (χ4v) is 4.73. The Hall–Kier alpha value is -2.16. The molecule has 1 unspecified atom stereocenters. The zero-order valence-electron chi connectivity index (χ0n) is 18.4. The third-order valence-electron chi connectivity index (χ3n) is 5.96. The Labute approximate surface area is 184 Å². The molecule has 1 N–H and O–H groups in total. The molecule has 1 heterocycles. The van der Waals surface area contributed by atoms with Crippen LogP contribution in [0.5, 0.6) is 5.75 Å². The number of sulfonamides is 1. The van der Waals surface area contributed by atoms with Crippen LogP contribution in [0.15, 0.2) is 47.4 Å². The molecule has 1 aromatic heterocycles. The summed E-state index contributed by atoms with van der Waals surface area (Å²) in [5.74, 6) is 0.543. The van der Waals surface area contributed by atoms with E-state index in [-0.39, 0.29) is 24.8 Å². The van der Waals surface area contributed by atoms with Crippen molar-refractivity contribution in [2.75, 3.05) is 26.5 Å². The third kappa shape index (κ3) is 6.41. The lowest BCUT2D eigenvalue weighted by Crippen LogP contribution is -2.35. The molecule has 1 fully saturated rings. The fourth-order valence-electron chi connectivity index (χ4n) is 4.22. The molecule has 0 radical (unpaired) electrons. The van der Waals surface area contributed by atoms with Crippen LogP contribution in [0.25, 0.3) is 0 Å². The van der Waals surface area contributed by atoms with E-state index in [9.17, 15) is 13.2 Å². The Morgan fingerprint density at radius 1 is 1.13 bits per heavy atom. The molecule has 0 amide bonds. The van der Waals surface area contributed by atoms with Gasteiger partial charge in [0.05, 0.1) is 31.6 Å². The summed E-state index contributed by atoms with van der Waals surface area (Å²) < 4.78 is 39.0. The summed E-state index contributed by atoms with van der Waals surface area (Å²) in [6, 6.07) is 12.3. The van der Waals surface area contributed by atoms with Crippen LogP contribution >= 0.6 is 0 Å². The SMILES string of the molecule is COc1ccn(C)c(=O)c1C(CNS(C)(=O)=O)COC1CCC(c2ccccc2)CC1. The summed E-state index contributed by atoms with van der Waals surface area (Å²) in [4.78, 5) is 12.8. The van der Waals surface area contributed by atoms with E-state index in [1.54, 1.807) is 19.3 Å². The number of aromatic nitrogens is 1. The molecule has 0 aliphatic heterocycles. The van der Waals surface area contributed by atoms with Gasteiger partial charge in [0.1, 0.15) is 5.75 Å². The van der Waals surface area contributed by atoms with Crippen LogP contribution in [0.2, 0.25) is 0 Å². The van der Waals surface area contributed by atoms with E-state index >= 15 is 0 Å². The first-order chi connectivity index (χ1) is 14.8. The number of hydrogen-bond acceptors (Lipinski definition) is 5. The number of rotatable bonds is 9. The quantitative estimate of drug-likeness (QED) is 0.637. The number of hydrogen-bond donors (Lipinski definition) is 1. The molecule has 31 heavy (non-hydrogen) atoms. The number of pyridine rings is 1. The highest BCUT2D eigenvalue weighted by Crippen LogP contribution is 2.34. The van der Waals surface area contributed by atoms with E-state index in [1.807, 2.05) is 6.07 Å². The maximum absolute atomic E-state index is 12.8. The maximum Gasteiger partial charge on any atom is 0.257 e. The monoisotopic (exact) mass is 448 g/mol. The Kier molecular flexibility index (Phi) is 7.91. The average molecular weight is 449 g/mol. The van der Waals surface area contributed by atoms with Gasteiger partial charge in [0, 0.05) is 25.7 Å². The highest BCUT2D eigenvalue weighted by molar-refractivity contribution is 7.88. The van der Waals surface area contributed by atoms with Crippen molar-refractivity contribution in [2.24, 2.45) is 7.05 Å². The van der Waals surface area contributed by atoms with E-state index in [0.717, 1.165) is 31.9 Å². The van der Waals surface area contributed by atoms with Gasteiger partial charge in [-0.1, -0.05) is 30.3 Å². The highest BCUT2D eigenvalue weighted by atomic mass is 32.2. The van der Waals surface area contributed by atoms with Crippen molar-refractivity contribution in [1.82, 2.24) is 9.29 Å². The van der Waals surface area contributed by atoms with Crippen LogP contribution in [-0.4, -0.2) is 45.6 Å². The molecule has 7 nitrogen and oxygen atoms in total. The fraction of sp³-hybridized carbons (Fsp3) is 0.522. The molecule has 1 aliphatic rings. The van der Waals surface area contributed by atoms with E-state index in [4.69, 9.17) is 9.47 Å². The van der Waals surface area contributed by atoms with Gasteiger partial charge in [-0.25, -0.2) is 13.1 Å². The number of benzene rings is 1. The van der Waals surface area contributed by atoms with Crippen molar-refractivity contribution in [2.45, 2.75) is 43.6 Å². The maximum atomic E-state index is 12.8. The minimum atomic E-state index is -3.41. The molecule has 1 aromatic carbocycles. The lowest BCUT2D eigenvalue weighted by atomic mass is 9.83. The normalized spacial score (nSPS) is 20.4. The summed E-state index contributed by atoms with van der Waals surface area (Å²) in [6.45, 7) is 0.326. The van der Waals surface area contributed by atoms with E-state index < -0.39 is 15.9 Å². The topological polar surface area (TPSA) is 86.6 Å². The van der Waals surface area contributed by atoms with Gasteiger partial charge < -0.3 is 14.0 Å². The van der Waals surface area contributed by atoms with Crippen LogP contribution in [-0.2, 0) is 21.8 Å². The van der Waals surface area contributed by atoms with Crippen molar-refractivity contribution in [3.63, 3.8) is 0 Å². The molecule has 1 aliphatic carbocycles. The van der Waals surface area contributed by atoms with E-state index in [0.29, 0.717) is 17.2 Å². The molecule has 8 heteroatoms. The van der Waals surface area contributed by atoms with Crippen LogP contribution in [0.3, 0.4) is 0 Å². The Morgan fingerprint density at radius 2 is 1.81 bits per heavy atom. The van der Waals surface area contributed by atoms with Gasteiger partial charge >= 0.3 is 0 Å². The molecule has 0 saturated heterocycles. The predicted molar refractivity (Wildman–Crippen MR) is 121 cm³/mol. The molecule has 2 aromatic rings. The number of nitrogens with zero attached hydrogens (tertiary/aromatic N) is 1. The summed E-state index contributed by atoms with van der Waals surface area (Å²) in [7, 11) is -0.236.